The van der Waals surface area contributed by atoms with Crippen molar-refractivity contribution in [3.05, 3.63) is 35.4 Å². The first-order valence-electron chi connectivity index (χ1n) is 7.98. The van der Waals surface area contributed by atoms with Crippen molar-refractivity contribution in [1.29, 1.82) is 0 Å². The van der Waals surface area contributed by atoms with Gasteiger partial charge in [-0.15, -0.1) is 0 Å². The van der Waals surface area contributed by atoms with Crippen LogP contribution in [0.1, 0.15) is 24.5 Å². The zero-order chi connectivity index (χ0) is 16.6. The predicted molar refractivity (Wildman–Crippen MR) is 84.7 cm³/mol. The van der Waals surface area contributed by atoms with Gasteiger partial charge < -0.3 is 19.8 Å². The number of ether oxygens (including phenoxy) is 1. The van der Waals surface area contributed by atoms with Crippen LogP contribution in [0, 0.1) is 6.92 Å². The van der Waals surface area contributed by atoms with Crippen molar-refractivity contribution < 1.29 is 19.7 Å². The number of benzene rings is 1. The monoisotopic (exact) mass is 315 g/mol. The lowest BCUT2D eigenvalue weighted by atomic mass is 9.55. The van der Waals surface area contributed by atoms with Crippen LogP contribution in [0.2, 0.25) is 0 Å². The van der Waals surface area contributed by atoms with Gasteiger partial charge in [-0.25, -0.2) is 0 Å². The average molecular weight is 315 g/mol. The maximum absolute atomic E-state index is 12.5. The summed E-state index contributed by atoms with van der Waals surface area (Å²) in [4.78, 5) is 14.6. The van der Waals surface area contributed by atoms with Crippen LogP contribution in [0.25, 0.3) is 0 Å². The number of phenolic OH excluding ortho intramolecular Hbond substituents is 1. The number of aromatic hydroxyl groups is 1. The van der Waals surface area contributed by atoms with E-state index in [2.05, 4.69) is 4.90 Å². The highest BCUT2D eigenvalue weighted by Gasteiger charge is 2.68. The number of fused-ring (bicyclic) bond motifs is 1. The molecule has 1 saturated heterocycles. The second-order valence-corrected chi connectivity index (χ2v) is 7.04. The molecule has 122 valence electrons. The molecule has 4 rings (SSSR count). The Balaban J connectivity index is 2.06. The molecule has 1 aromatic carbocycles. The number of nitrogens with zero attached hydrogens (tertiary/aromatic N) is 1. The van der Waals surface area contributed by atoms with E-state index in [1.54, 1.807) is 12.1 Å². The van der Waals surface area contributed by atoms with Crippen LogP contribution in [-0.4, -0.2) is 52.2 Å². The zero-order valence-corrected chi connectivity index (χ0v) is 13.5. The van der Waals surface area contributed by atoms with Crippen LogP contribution in [0.5, 0.6) is 11.5 Å². The Morgan fingerprint density at radius 2 is 2.13 bits per heavy atom. The fourth-order valence-electron chi connectivity index (χ4n) is 4.70. The van der Waals surface area contributed by atoms with Crippen LogP contribution in [0.3, 0.4) is 0 Å². The molecule has 0 aromatic heterocycles. The molecule has 0 saturated carbocycles. The zero-order valence-electron chi connectivity index (χ0n) is 13.5. The normalized spacial score (nSPS) is 38.7. The Labute approximate surface area is 135 Å². The van der Waals surface area contributed by atoms with Crippen LogP contribution >= 0.6 is 0 Å². The number of carbonyl (C=O) groups excluding carboxylic acids is 1. The first-order chi connectivity index (χ1) is 10.8. The van der Waals surface area contributed by atoms with E-state index in [-0.39, 0.29) is 17.6 Å². The van der Waals surface area contributed by atoms with E-state index in [1.807, 2.05) is 27.0 Å². The number of phenols is 1. The Bertz CT molecular complexity index is 743. The summed E-state index contributed by atoms with van der Waals surface area (Å²) in [7, 11) is 1.97. The summed E-state index contributed by atoms with van der Waals surface area (Å²) in [5, 5.41) is 21.9. The van der Waals surface area contributed by atoms with Crippen molar-refractivity contribution >= 4 is 5.78 Å². The lowest BCUT2D eigenvalue weighted by Crippen LogP contribution is -2.71. The van der Waals surface area contributed by atoms with Gasteiger partial charge in [-0.2, -0.15) is 0 Å². The molecule has 1 aromatic rings. The Kier molecular flexibility index (Phi) is 2.79. The van der Waals surface area contributed by atoms with Crippen molar-refractivity contribution in [2.45, 2.75) is 43.4 Å². The SMILES string of the molecule is Cc1ccc(O)c2c1[C@]13CCN(C)[C@H](C)[C@]1(O)C=CC(=O)[C@@H]3O2. The molecule has 1 aliphatic carbocycles. The highest BCUT2D eigenvalue weighted by atomic mass is 16.5. The summed E-state index contributed by atoms with van der Waals surface area (Å²) in [5.41, 5.74) is -0.355. The summed E-state index contributed by atoms with van der Waals surface area (Å²) in [6.07, 6.45) is 2.88. The van der Waals surface area contributed by atoms with Gasteiger partial charge in [-0.1, -0.05) is 6.07 Å². The molecule has 0 unspecified atom stereocenters. The number of piperidine rings is 1. The second-order valence-electron chi connectivity index (χ2n) is 7.04. The van der Waals surface area contributed by atoms with E-state index in [1.165, 1.54) is 6.08 Å². The molecular formula is C18H21NO4. The van der Waals surface area contributed by atoms with E-state index in [0.29, 0.717) is 12.2 Å². The van der Waals surface area contributed by atoms with Gasteiger partial charge in [0.1, 0.15) is 5.60 Å². The molecule has 2 heterocycles. The fraction of sp³-hybridized carbons (Fsp3) is 0.500. The summed E-state index contributed by atoms with van der Waals surface area (Å²) < 4.78 is 5.91. The number of rotatable bonds is 0. The minimum Gasteiger partial charge on any atom is -0.504 e. The van der Waals surface area contributed by atoms with Crippen molar-refractivity contribution in [3.8, 4) is 11.5 Å². The van der Waals surface area contributed by atoms with Crippen LogP contribution in [-0.2, 0) is 10.2 Å². The third-order valence-corrected chi connectivity index (χ3v) is 6.11. The maximum Gasteiger partial charge on any atom is 0.196 e. The summed E-state index contributed by atoms with van der Waals surface area (Å²) >= 11 is 0. The molecule has 4 atom stereocenters. The molecular weight excluding hydrogens is 294 g/mol. The number of aliphatic hydroxyl groups is 1. The smallest absolute Gasteiger partial charge is 0.196 e. The number of aryl methyl sites for hydroxylation is 1. The fourth-order valence-corrected chi connectivity index (χ4v) is 4.70. The molecule has 0 radical (unpaired) electrons. The van der Waals surface area contributed by atoms with Gasteiger partial charge >= 0.3 is 0 Å². The predicted octanol–water partition coefficient (Wildman–Crippen LogP) is 1.29. The molecule has 2 N–H and O–H groups in total. The third-order valence-electron chi connectivity index (χ3n) is 6.11. The van der Waals surface area contributed by atoms with Crippen LogP contribution in [0.15, 0.2) is 24.3 Å². The summed E-state index contributed by atoms with van der Waals surface area (Å²) in [6, 6.07) is 3.23. The number of likely N-dealkylation sites (tertiary alicyclic amines) is 1. The van der Waals surface area contributed by atoms with E-state index in [4.69, 9.17) is 4.74 Å². The number of ketones is 1. The molecule has 23 heavy (non-hydrogen) atoms. The molecule has 5 nitrogen and oxygen atoms in total. The Morgan fingerprint density at radius 1 is 1.39 bits per heavy atom. The van der Waals surface area contributed by atoms with Gasteiger partial charge in [0.05, 0.1) is 5.41 Å². The Hall–Kier alpha value is -1.85. The standard InChI is InChI=1S/C18H21NO4/c1-10-4-5-12(20)15-14(10)17-8-9-19(3)11(2)18(17,22)7-6-13(21)16(17)23-15/h4-7,11,16,20,22H,8-9H2,1-3H3/t11-,16+,17+,18-/m1/s1. The van der Waals surface area contributed by atoms with Crippen molar-refractivity contribution in [2.75, 3.05) is 13.6 Å². The van der Waals surface area contributed by atoms with Crippen molar-refractivity contribution in [1.82, 2.24) is 4.90 Å². The van der Waals surface area contributed by atoms with Crippen LogP contribution < -0.4 is 4.74 Å². The molecule has 2 aliphatic heterocycles. The van der Waals surface area contributed by atoms with E-state index in [9.17, 15) is 15.0 Å². The van der Waals surface area contributed by atoms with E-state index in [0.717, 1.165) is 17.7 Å². The molecule has 3 aliphatic rings. The minimum atomic E-state index is -1.22. The number of hydrogen-bond acceptors (Lipinski definition) is 5. The molecule has 0 bridgehead atoms. The molecule has 5 heteroatoms. The van der Waals surface area contributed by atoms with E-state index < -0.39 is 17.1 Å². The van der Waals surface area contributed by atoms with Gasteiger partial charge in [-0.3, -0.25) is 4.79 Å². The first-order valence-corrected chi connectivity index (χ1v) is 7.98. The number of likely N-dealkylation sites (N-methyl/N-ethyl adjacent to an activating group) is 1. The highest BCUT2D eigenvalue weighted by Crippen LogP contribution is 2.60. The topological polar surface area (TPSA) is 70.0 Å². The lowest BCUT2D eigenvalue weighted by Gasteiger charge is -2.56. The molecule has 0 amide bonds. The Morgan fingerprint density at radius 3 is 2.87 bits per heavy atom. The van der Waals surface area contributed by atoms with Crippen molar-refractivity contribution in [3.63, 3.8) is 0 Å². The number of carbonyl (C=O) groups is 1. The summed E-state index contributed by atoms with van der Waals surface area (Å²) in [6.45, 7) is 4.65. The molecule has 1 fully saturated rings. The lowest BCUT2D eigenvalue weighted by molar-refractivity contribution is -0.146. The van der Waals surface area contributed by atoms with Gasteiger partial charge in [0, 0.05) is 11.6 Å². The minimum absolute atomic E-state index is 0.0242. The van der Waals surface area contributed by atoms with E-state index >= 15 is 0 Å². The van der Waals surface area contributed by atoms with Gasteiger partial charge in [0.25, 0.3) is 0 Å². The van der Waals surface area contributed by atoms with Gasteiger partial charge in [0.2, 0.25) is 0 Å². The third kappa shape index (κ3) is 1.52. The van der Waals surface area contributed by atoms with Crippen molar-refractivity contribution in [2.24, 2.45) is 0 Å². The number of hydrogen-bond donors (Lipinski definition) is 2. The van der Waals surface area contributed by atoms with Gasteiger partial charge in [0.15, 0.2) is 23.4 Å². The molecule has 1 spiro atoms. The average Bonchev–Trinajstić information content (AvgIpc) is 2.89. The van der Waals surface area contributed by atoms with Gasteiger partial charge in [-0.05, 0) is 57.6 Å². The largest absolute Gasteiger partial charge is 0.504 e. The summed E-state index contributed by atoms with van der Waals surface area (Å²) in [5.74, 6) is 0.222. The van der Waals surface area contributed by atoms with Crippen LogP contribution in [0.4, 0.5) is 0 Å². The highest BCUT2D eigenvalue weighted by molar-refractivity contribution is 5.98. The first kappa shape index (κ1) is 14.7. The second kappa shape index (κ2) is 4.36. The quantitative estimate of drug-likeness (QED) is 0.755. The maximum atomic E-state index is 12.5.